The van der Waals surface area contributed by atoms with Gasteiger partial charge in [0.05, 0.1) is 0 Å². The Morgan fingerprint density at radius 1 is 1.00 bits per heavy atom. The molecule has 3 rings (SSSR count). The van der Waals surface area contributed by atoms with E-state index in [4.69, 9.17) is 0 Å². The van der Waals surface area contributed by atoms with Crippen LogP contribution in [0.2, 0.25) is 0 Å². The molecule has 1 saturated heterocycles. The predicted molar refractivity (Wildman–Crippen MR) is 86.1 cm³/mol. The van der Waals surface area contributed by atoms with E-state index in [1.165, 1.54) is 6.42 Å². The van der Waals surface area contributed by atoms with Crippen molar-refractivity contribution in [2.24, 2.45) is 23.7 Å². The minimum Gasteiger partial charge on any atom is -0.354 e. The fourth-order valence-corrected chi connectivity index (χ4v) is 4.32. The van der Waals surface area contributed by atoms with Crippen molar-refractivity contribution < 1.29 is 9.59 Å². The van der Waals surface area contributed by atoms with Gasteiger partial charge in [-0.05, 0) is 56.8 Å². The van der Waals surface area contributed by atoms with E-state index >= 15 is 0 Å². The molecule has 124 valence electrons. The van der Waals surface area contributed by atoms with E-state index in [0.29, 0.717) is 24.3 Å². The highest BCUT2D eigenvalue weighted by Gasteiger charge is 2.38. The molecule has 1 heterocycles. The number of likely N-dealkylation sites (tertiary alicyclic amines) is 1. The highest BCUT2D eigenvalue weighted by molar-refractivity contribution is 5.81. The Labute approximate surface area is 134 Å². The first-order valence-corrected chi connectivity index (χ1v) is 9.12. The van der Waals surface area contributed by atoms with Crippen molar-refractivity contribution in [1.82, 2.24) is 10.2 Å². The lowest BCUT2D eigenvalue weighted by atomic mass is 9.75. The van der Waals surface area contributed by atoms with Gasteiger partial charge in [-0.15, -0.1) is 0 Å². The molecular formula is C18H30N2O2. The molecule has 22 heavy (non-hydrogen) atoms. The maximum Gasteiger partial charge on any atom is 0.226 e. The topological polar surface area (TPSA) is 49.4 Å². The first-order chi connectivity index (χ1) is 10.5. The van der Waals surface area contributed by atoms with Crippen molar-refractivity contribution in [1.29, 1.82) is 0 Å². The highest BCUT2D eigenvalue weighted by Crippen LogP contribution is 2.36. The number of hydrogen-bond acceptors (Lipinski definition) is 2. The summed E-state index contributed by atoms with van der Waals surface area (Å²) in [4.78, 5) is 26.8. The summed E-state index contributed by atoms with van der Waals surface area (Å²) in [5.41, 5.74) is 0. The minimum atomic E-state index is 0.202. The van der Waals surface area contributed by atoms with Gasteiger partial charge in [0.2, 0.25) is 11.8 Å². The van der Waals surface area contributed by atoms with Gasteiger partial charge in [0, 0.05) is 31.0 Å². The van der Waals surface area contributed by atoms with E-state index in [0.717, 1.165) is 45.1 Å². The maximum atomic E-state index is 12.6. The number of piperidine rings is 1. The summed E-state index contributed by atoms with van der Waals surface area (Å²) in [5.74, 6) is 2.42. The van der Waals surface area contributed by atoms with Crippen LogP contribution in [0.15, 0.2) is 0 Å². The molecule has 4 nitrogen and oxygen atoms in total. The van der Waals surface area contributed by atoms with Crippen molar-refractivity contribution in [2.75, 3.05) is 13.1 Å². The molecular weight excluding hydrogens is 276 g/mol. The monoisotopic (exact) mass is 306 g/mol. The molecule has 2 aliphatic carbocycles. The fourth-order valence-electron chi connectivity index (χ4n) is 4.32. The largest absolute Gasteiger partial charge is 0.354 e. The Bertz CT molecular complexity index is 425. The number of nitrogens with one attached hydrogen (secondary N) is 1. The van der Waals surface area contributed by atoms with Crippen LogP contribution in [-0.4, -0.2) is 35.8 Å². The lowest BCUT2D eigenvalue weighted by Gasteiger charge is -2.42. The fraction of sp³-hybridized carbons (Fsp3) is 0.889. The number of carbonyl (C=O) groups is 2. The van der Waals surface area contributed by atoms with Crippen LogP contribution in [-0.2, 0) is 9.59 Å². The van der Waals surface area contributed by atoms with Gasteiger partial charge in [-0.2, -0.15) is 0 Å². The van der Waals surface area contributed by atoms with E-state index in [1.54, 1.807) is 0 Å². The van der Waals surface area contributed by atoms with Gasteiger partial charge < -0.3 is 10.2 Å². The number of rotatable bonds is 4. The summed E-state index contributed by atoms with van der Waals surface area (Å²) < 4.78 is 0. The first kappa shape index (κ1) is 15.8. The van der Waals surface area contributed by atoms with E-state index in [1.807, 2.05) is 0 Å². The van der Waals surface area contributed by atoms with Gasteiger partial charge in [0.1, 0.15) is 0 Å². The number of nitrogens with zero attached hydrogens (tertiary/aromatic N) is 1. The van der Waals surface area contributed by atoms with Gasteiger partial charge >= 0.3 is 0 Å². The normalized spacial score (nSPS) is 37.9. The molecule has 1 atom stereocenters. The molecule has 0 aromatic rings. The summed E-state index contributed by atoms with van der Waals surface area (Å²) in [7, 11) is 0. The molecule has 0 aromatic carbocycles. The molecule has 1 aliphatic heterocycles. The molecule has 2 amide bonds. The lowest BCUT2D eigenvalue weighted by Crippen LogP contribution is -2.53. The van der Waals surface area contributed by atoms with Crippen LogP contribution in [0.25, 0.3) is 0 Å². The van der Waals surface area contributed by atoms with E-state index in [2.05, 4.69) is 24.1 Å². The van der Waals surface area contributed by atoms with Crippen LogP contribution in [0.3, 0.4) is 0 Å². The maximum absolute atomic E-state index is 12.6. The van der Waals surface area contributed by atoms with Crippen LogP contribution >= 0.6 is 0 Å². The van der Waals surface area contributed by atoms with Crippen LogP contribution in [0, 0.1) is 23.7 Å². The Hall–Kier alpha value is -1.06. The Morgan fingerprint density at radius 3 is 2.27 bits per heavy atom. The molecule has 0 aromatic heterocycles. The molecule has 4 heteroatoms. The Morgan fingerprint density at radius 2 is 1.64 bits per heavy atom. The highest BCUT2D eigenvalue weighted by atomic mass is 16.2. The van der Waals surface area contributed by atoms with Gasteiger partial charge in [-0.1, -0.05) is 13.8 Å². The summed E-state index contributed by atoms with van der Waals surface area (Å²) in [6.07, 6.45) is 7.47. The van der Waals surface area contributed by atoms with Gasteiger partial charge in [-0.3, -0.25) is 9.59 Å². The first-order valence-electron chi connectivity index (χ1n) is 9.12. The van der Waals surface area contributed by atoms with Crippen molar-refractivity contribution in [3.05, 3.63) is 0 Å². The van der Waals surface area contributed by atoms with Gasteiger partial charge in [0.25, 0.3) is 0 Å². The van der Waals surface area contributed by atoms with E-state index < -0.39 is 0 Å². The summed E-state index contributed by atoms with van der Waals surface area (Å²) in [6, 6.07) is 0.221. The molecule has 2 saturated carbocycles. The quantitative estimate of drug-likeness (QED) is 0.868. The Kier molecular flexibility index (Phi) is 4.74. The summed E-state index contributed by atoms with van der Waals surface area (Å²) in [6.45, 7) is 5.95. The van der Waals surface area contributed by atoms with Gasteiger partial charge in [-0.25, -0.2) is 0 Å². The molecule has 0 spiro atoms. The van der Waals surface area contributed by atoms with Crippen LogP contribution in [0.5, 0.6) is 0 Å². The molecule has 0 unspecified atom stereocenters. The summed E-state index contributed by atoms with van der Waals surface area (Å²) in [5, 5.41) is 3.11. The second-order valence-electron chi connectivity index (χ2n) is 7.97. The number of carbonyl (C=O) groups excluding carboxylic acids is 2. The van der Waals surface area contributed by atoms with Crippen molar-refractivity contribution >= 4 is 11.8 Å². The van der Waals surface area contributed by atoms with E-state index in [-0.39, 0.29) is 23.8 Å². The zero-order valence-electron chi connectivity index (χ0n) is 14.0. The second-order valence-corrected chi connectivity index (χ2v) is 7.97. The second kappa shape index (κ2) is 6.59. The third-order valence-electron chi connectivity index (χ3n) is 5.89. The van der Waals surface area contributed by atoms with Gasteiger partial charge in [0.15, 0.2) is 0 Å². The average Bonchev–Trinajstić information content (AvgIpc) is 2.46. The molecule has 3 fully saturated rings. The van der Waals surface area contributed by atoms with Crippen molar-refractivity contribution in [2.45, 2.75) is 64.8 Å². The SMILES string of the molecule is CC1CC(C(=O)NC[C@H]2CCCCN2C(=O)C2CC(C)C2)C1. The van der Waals surface area contributed by atoms with Crippen LogP contribution < -0.4 is 5.32 Å². The summed E-state index contributed by atoms with van der Waals surface area (Å²) >= 11 is 0. The average molecular weight is 306 g/mol. The number of hydrogen-bond donors (Lipinski definition) is 1. The predicted octanol–water partition coefficient (Wildman–Crippen LogP) is 2.58. The van der Waals surface area contributed by atoms with Crippen molar-refractivity contribution in [3.8, 4) is 0 Å². The third kappa shape index (κ3) is 3.31. The smallest absolute Gasteiger partial charge is 0.226 e. The molecule has 3 aliphatic rings. The molecule has 0 bridgehead atoms. The molecule has 0 radical (unpaired) electrons. The minimum absolute atomic E-state index is 0.202. The zero-order valence-corrected chi connectivity index (χ0v) is 14.0. The standard InChI is InChI=1S/C18H30N2O2/c1-12-7-14(8-12)17(21)19-11-16-5-3-4-6-20(16)18(22)15-9-13(2)10-15/h12-16H,3-11H2,1-2H3,(H,19,21)/t12?,13?,14?,15?,16-/m1/s1. The van der Waals surface area contributed by atoms with Crippen LogP contribution in [0.1, 0.15) is 58.8 Å². The van der Waals surface area contributed by atoms with E-state index in [9.17, 15) is 9.59 Å². The number of amides is 2. The Balaban J connectivity index is 1.49. The van der Waals surface area contributed by atoms with Crippen molar-refractivity contribution in [3.63, 3.8) is 0 Å². The molecule has 1 N–H and O–H groups in total. The van der Waals surface area contributed by atoms with Crippen LogP contribution in [0.4, 0.5) is 0 Å². The third-order valence-corrected chi connectivity index (χ3v) is 5.89. The lowest BCUT2D eigenvalue weighted by molar-refractivity contribution is -0.144. The zero-order chi connectivity index (χ0) is 15.7.